The topological polar surface area (TPSA) is 43.3 Å². The molecule has 2 aromatic rings. The number of fused-ring (bicyclic) bond motifs is 1. The van der Waals surface area contributed by atoms with Crippen molar-refractivity contribution in [3.63, 3.8) is 0 Å². The lowest BCUT2D eigenvalue weighted by molar-refractivity contribution is 0.400. The minimum atomic E-state index is 0.176. The fourth-order valence-corrected chi connectivity index (χ4v) is 1.97. The number of hydrogen-bond donors (Lipinski definition) is 1. The Morgan fingerprint density at radius 3 is 2.69 bits per heavy atom. The molecule has 2 heterocycles. The molecule has 0 aliphatic heterocycles. The summed E-state index contributed by atoms with van der Waals surface area (Å²) in [5.41, 5.74) is 7.58. The summed E-state index contributed by atoms with van der Waals surface area (Å²) in [5.74, 6) is 0.958. The van der Waals surface area contributed by atoms with Crippen LogP contribution in [-0.4, -0.2) is 9.38 Å². The van der Waals surface area contributed by atoms with Crippen molar-refractivity contribution >= 4 is 22.8 Å². The van der Waals surface area contributed by atoms with Crippen LogP contribution in [0.1, 0.15) is 26.6 Å². The molecule has 2 N–H and O–H groups in total. The average Bonchev–Trinajstić information content (AvgIpc) is 2.40. The zero-order valence-electron chi connectivity index (χ0n) is 9.79. The molecule has 2 aromatic heterocycles. The van der Waals surface area contributed by atoms with Crippen LogP contribution in [0.5, 0.6) is 0 Å². The SMILES string of the molecule is CC(C)(C)Cc1nc(Cl)c2ccc(N)cn12. The summed E-state index contributed by atoms with van der Waals surface area (Å²) >= 11 is 6.09. The Bertz CT molecular complexity index is 523. The maximum atomic E-state index is 6.09. The van der Waals surface area contributed by atoms with E-state index < -0.39 is 0 Å². The van der Waals surface area contributed by atoms with Crippen LogP contribution in [0.4, 0.5) is 5.69 Å². The monoisotopic (exact) mass is 237 g/mol. The van der Waals surface area contributed by atoms with E-state index in [0.29, 0.717) is 5.15 Å². The van der Waals surface area contributed by atoms with E-state index >= 15 is 0 Å². The predicted octanol–water partition coefficient (Wildman–Crippen LogP) is 3.16. The molecule has 0 radical (unpaired) electrons. The van der Waals surface area contributed by atoms with Crippen LogP contribution >= 0.6 is 11.6 Å². The Kier molecular flexibility index (Phi) is 2.58. The van der Waals surface area contributed by atoms with Gasteiger partial charge in [-0.25, -0.2) is 4.98 Å². The molecule has 0 fully saturated rings. The second kappa shape index (κ2) is 3.67. The second-order valence-corrected chi connectivity index (χ2v) is 5.63. The highest BCUT2D eigenvalue weighted by Gasteiger charge is 2.17. The first kappa shape index (κ1) is 11.3. The largest absolute Gasteiger partial charge is 0.398 e. The highest BCUT2D eigenvalue weighted by Crippen LogP contribution is 2.25. The average molecular weight is 238 g/mol. The van der Waals surface area contributed by atoms with Gasteiger partial charge in [-0.05, 0) is 17.5 Å². The van der Waals surface area contributed by atoms with E-state index in [1.807, 2.05) is 22.7 Å². The molecule has 0 unspecified atom stereocenters. The highest BCUT2D eigenvalue weighted by atomic mass is 35.5. The first-order valence-corrected chi connectivity index (χ1v) is 5.66. The third-order valence-corrected chi connectivity index (χ3v) is 2.65. The molecular weight excluding hydrogens is 222 g/mol. The number of anilines is 1. The molecule has 86 valence electrons. The Hall–Kier alpha value is -1.22. The molecular formula is C12H16ClN3. The number of rotatable bonds is 1. The molecule has 0 bridgehead atoms. The van der Waals surface area contributed by atoms with Gasteiger partial charge in [0.15, 0.2) is 5.15 Å². The van der Waals surface area contributed by atoms with E-state index in [4.69, 9.17) is 17.3 Å². The highest BCUT2D eigenvalue weighted by molar-refractivity contribution is 6.32. The molecule has 0 saturated heterocycles. The lowest BCUT2D eigenvalue weighted by atomic mass is 9.92. The van der Waals surface area contributed by atoms with E-state index in [2.05, 4.69) is 25.8 Å². The van der Waals surface area contributed by atoms with Gasteiger partial charge in [-0.3, -0.25) is 0 Å². The van der Waals surface area contributed by atoms with Crippen molar-refractivity contribution in [2.45, 2.75) is 27.2 Å². The maximum absolute atomic E-state index is 6.09. The minimum Gasteiger partial charge on any atom is -0.398 e. The third-order valence-electron chi connectivity index (χ3n) is 2.38. The molecule has 0 amide bonds. The van der Waals surface area contributed by atoms with Crippen LogP contribution in [0.25, 0.3) is 5.52 Å². The van der Waals surface area contributed by atoms with Crippen molar-refractivity contribution in [3.05, 3.63) is 29.3 Å². The zero-order valence-corrected chi connectivity index (χ0v) is 10.5. The van der Waals surface area contributed by atoms with E-state index in [-0.39, 0.29) is 5.41 Å². The molecule has 3 nitrogen and oxygen atoms in total. The Balaban J connectivity index is 2.57. The summed E-state index contributed by atoms with van der Waals surface area (Å²) in [4.78, 5) is 4.39. The molecule has 0 aliphatic rings. The van der Waals surface area contributed by atoms with Gasteiger partial charge in [0.2, 0.25) is 0 Å². The summed E-state index contributed by atoms with van der Waals surface area (Å²) in [6.07, 6.45) is 2.74. The number of aromatic nitrogens is 2. The van der Waals surface area contributed by atoms with Gasteiger partial charge in [-0.1, -0.05) is 32.4 Å². The Morgan fingerprint density at radius 1 is 1.38 bits per heavy atom. The van der Waals surface area contributed by atoms with E-state index in [1.54, 1.807) is 0 Å². The minimum absolute atomic E-state index is 0.176. The summed E-state index contributed by atoms with van der Waals surface area (Å²) < 4.78 is 1.98. The van der Waals surface area contributed by atoms with Crippen molar-refractivity contribution in [2.75, 3.05) is 5.73 Å². The number of hydrogen-bond acceptors (Lipinski definition) is 2. The molecule has 0 spiro atoms. The predicted molar refractivity (Wildman–Crippen MR) is 67.8 cm³/mol. The van der Waals surface area contributed by atoms with Gasteiger partial charge in [0.1, 0.15) is 5.82 Å². The van der Waals surface area contributed by atoms with Crippen LogP contribution in [0.15, 0.2) is 18.3 Å². The number of nitrogen functional groups attached to an aromatic ring is 1. The number of pyridine rings is 1. The summed E-state index contributed by atoms with van der Waals surface area (Å²) in [7, 11) is 0. The van der Waals surface area contributed by atoms with Gasteiger partial charge in [-0.2, -0.15) is 0 Å². The van der Waals surface area contributed by atoms with Crippen LogP contribution in [0, 0.1) is 5.41 Å². The van der Waals surface area contributed by atoms with Gasteiger partial charge < -0.3 is 10.1 Å². The van der Waals surface area contributed by atoms with Crippen molar-refractivity contribution in [3.8, 4) is 0 Å². The fraction of sp³-hybridized carbons (Fsp3) is 0.417. The van der Waals surface area contributed by atoms with E-state index in [9.17, 15) is 0 Å². The fourth-order valence-electron chi connectivity index (χ4n) is 1.72. The van der Waals surface area contributed by atoms with Gasteiger partial charge in [-0.15, -0.1) is 0 Å². The first-order valence-electron chi connectivity index (χ1n) is 5.29. The number of nitrogens with two attached hydrogens (primary N) is 1. The third kappa shape index (κ3) is 2.14. The molecule has 0 aromatic carbocycles. The molecule has 0 saturated carbocycles. The van der Waals surface area contributed by atoms with Crippen molar-refractivity contribution in [2.24, 2.45) is 5.41 Å². The molecule has 0 aliphatic carbocycles. The van der Waals surface area contributed by atoms with Gasteiger partial charge in [0, 0.05) is 18.3 Å². The van der Waals surface area contributed by atoms with Crippen LogP contribution in [0.2, 0.25) is 5.15 Å². The molecule has 16 heavy (non-hydrogen) atoms. The Labute approximate surface area is 100 Å². The second-order valence-electron chi connectivity index (χ2n) is 5.27. The van der Waals surface area contributed by atoms with Crippen molar-refractivity contribution < 1.29 is 0 Å². The van der Waals surface area contributed by atoms with E-state index in [1.165, 1.54) is 0 Å². The van der Waals surface area contributed by atoms with Gasteiger partial charge in [0.25, 0.3) is 0 Å². The van der Waals surface area contributed by atoms with Crippen LogP contribution in [0.3, 0.4) is 0 Å². The maximum Gasteiger partial charge on any atom is 0.155 e. The zero-order chi connectivity index (χ0) is 11.9. The molecule has 4 heteroatoms. The lowest BCUT2D eigenvalue weighted by Gasteiger charge is -2.16. The molecule has 0 atom stereocenters. The summed E-state index contributed by atoms with van der Waals surface area (Å²) in [6, 6.07) is 3.74. The quantitative estimate of drug-likeness (QED) is 0.828. The first-order chi connectivity index (χ1) is 7.37. The summed E-state index contributed by atoms with van der Waals surface area (Å²) in [5, 5.41) is 0.541. The number of nitrogens with zero attached hydrogens (tertiary/aromatic N) is 2. The van der Waals surface area contributed by atoms with Gasteiger partial charge in [0.05, 0.1) is 5.52 Å². The smallest absolute Gasteiger partial charge is 0.155 e. The normalized spacial score (nSPS) is 12.2. The van der Waals surface area contributed by atoms with Crippen LogP contribution in [-0.2, 0) is 6.42 Å². The van der Waals surface area contributed by atoms with Gasteiger partial charge >= 0.3 is 0 Å². The van der Waals surface area contributed by atoms with Crippen LogP contribution < -0.4 is 5.73 Å². The van der Waals surface area contributed by atoms with E-state index in [0.717, 1.165) is 23.4 Å². The standard InChI is InChI=1S/C12H16ClN3/c1-12(2,3)6-10-15-11(13)9-5-4-8(14)7-16(9)10/h4-5,7H,6,14H2,1-3H3. The van der Waals surface area contributed by atoms with Crippen molar-refractivity contribution in [1.29, 1.82) is 0 Å². The molecule has 2 rings (SSSR count). The number of imidazole rings is 1. The number of halogens is 1. The van der Waals surface area contributed by atoms with Crippen molar-refractivity contribution in [1.82, 2.24) is 9.38 Å². The Morgan fingerprint density at radius 2 is 2.06 bits per heavy atom. The summed E-state index contributed by atoms with van der Waals surface area (Å²) in [6.45, 7) is 6.52. The lowest BCUT2D eigenvalue weighted by Crippen LogP contribution is -2.12.